The highest BCUT2D eigenvalue weighted by Gasteiger charge is 2.17. The Labute approximate surface area is 326 Å². The summed E-state index contributed by atoms with van der Waals surface area (Å²) in [6.07, 6.45) is 57.3. The van der Waals surface area contributed by atoms with Gasteiger partial charge in [0.05, 0.1) is 18.8 Å². The smallest absolute Gasteiger partial charge is 0.220 e. The van der Waals surface area contributed by atoms with Gasteiger partial charge in [-0.3, -0.25) is 4.79 Å². The zero-order valence-corrected chi connectivity index (χ0v) is 35.3. The third-order valence-electron chi connectivity index (χ3n) is 10.9. The van der Waals surface area contributed by atoms with E-state index in [4.69, 9.17) is 0 Å². The number of aliphatic hydroxyl groups excluding tert-OH is 2. The zero-order chi connectivity index (χ0) is 37.8. The maximum Gasteiger partial charge on any atom is 0.220 e. The molecule has 0 saturated heterocycles. The summed E-state index contributed by atoms with van der Waals surface area (Å²) < 4.78 is 0. The van der Waals surface area contributed by atoms with Gasteiger partial charge in [0, 0.05) is 6.42 Å². The largest absolute Gasteiger partial charge is 0.394 e. The molecule has 0 rings (SSSR count). The normalized spacial score (nSPS) is 13.1. The first-order valence-electron chi connectivity index (χ1n) is 23.6. The van der Waals surface area contributed by atoms with Crippen molar-refractivity contribution in [1.29, 1.82) is 0 Å². The highest BCUT2D eigenvalue weighted by Crippen LogP contribution is 2.16. The zero-order valence-electron chi connectivity index (χ0n) is 35.3. The van der Waals surface area contributed by atoms with Gasteiger partial charge in [0.2, 0.25) is 5.91 Å². The Balaban J connectivity index is 3.54. The molecule has 0 aliphatic heterocycles. The number of hydrogen-bond donors (Lipinski definition) is 3. The number of aliphatic hydroxyl groups is 2. The lowest BCUT2D eigenvalue weighted by Crippen LogP contribution is -2.45. The van der Waals surface area contributed by atoms with Crippen LogP contribution in [0.1, 0.15) is 258 Å². The van der Waals surface area contributed by atoms with Crippen LogP contribution in [0.4, 0.5) is 0 Å². The van der Waals surface area contributed by atoms with Gasteiger partial charge in [0.15, 0.2) is 0 Å². The van der Waals surface area contributed by atoms with Crippen molar-refractivity contribution in [3.05, 3.63) is 24.3 Å². The molecular formula is C48H93NO3. The fraction of sp³-hybridized carbons (Fsp3) is 0.896. The molecule has 0 bridgehead atoms. The molecule has 4 nitrogen and oxygen atoms in total. The third kappa shape index (κ3) is 40.1. The molecule has 0 aromatic carbocycles. The fourth-order valence-corrected chi connectivity index (χ4v) is 7.31. The predicted molar refractivity (Wildman–Crippen MR) is 230 cm³/mol. The Morgan fingerprint density at radius 1 is 0.442 bits per heavy atom. The summed E-state index contributed by atoms with van der Waals surface area (Å²) in [4.78, 5) is 12.4. The Kier molecular flexibility index (Phi) is 43.3. The van der Waals surface area contributed by atoms with Crippen LogP contribution in [0.25, 0.3) is 0 Å². The summed E-state index contributed by atoms with van der Waals surface area (Å²) in [5.41, 5.74) is 0. The van der Waals surface area contributed by atoms with Crippen molar-refractivity contribution in [2.24, 2.45) is 0 Å². The van der Waals surface area contributed by atoms with Gasteiger partial charge < -0.3 is 15.5 Å². The second-order valence-electron chi connectivity index (χ2n) is 16.2. The topological polar surface area (TPSA) is 69.6 Å². The Morgan fingerprint density at radius 3 is 1.12 bits per heavy atom. The highest BCUT2D eigenvalue weighted by atomic mass is 16.3. The van der Waals surface area contributed by atoms with Gasteiger partial charge in [-0.25, -0.2) is 0 Å². The van der Waals surface area contributed by atoms with Crippen LogP contribution in [0.15, 0.2) is 24.3 Å². The van der Waals surface area contributed by atoms with Gasteiger partial charge in [0.25, 0.3) is 0 Å². The summed E-state index contributed by atoms with van der Waals surface area (Å²) in [6.45, 7) is 4.32. The van der Waals surface area contributed by atoms with E-state index in [1.165, 1.54) is 205 Å². The lowest BCUT2D eigenvalue weighted by atomic mass is 10.0. The SMILES string of the molecule is CCCCCCCCCCCCCCCCCCCCC/C=C/CC/C=C/C(O)C(CO)NC(=O)CCCCCCCCCCCCCCCCC. The van der Waals surface area contributed by atoms with E-state index in [9.17, 15) is 15.0 Å². The first-order chi connectivity index (χ1) is 25.7. The first kappa shape index (κ1) is 50.9. The van der Waals surface area contributed by atoms with E-state index in [1.54, 1.807) is 6.08 Å². The maximum absolute atomic E-state index is 12.4. The molecule has 3 N–H and O–H groups in total. The molecule has 0 saturated carbocycles. The van der Waals surface area contributed by atoms with Crippen molar-refractivity contribution in [2.45, 2.75) is 270 Å². The van der Waals surface area contributed by atoms with Crippen molar-refractivity contribution < 1.29 is 15.0 Å². The average Bonchev–Trinajstić information content (AvgIpc) is 3.15. The van der Waals surface area contributed by atoms with Crippen molar-refractivity contribution in [2.75, 3.05) is 6.61 Å². The first-order valence-corrected chi connectivity index (χ1v) is 23.6. The number of carbonyl (C=O) groups excluding carboxylic acids is 1. The van der Waals surface area contributed by atoms with Crippen molar-refractivity contribution in [3.8, 4) is 0 Å². The molecule has 2 unspecified atom stereocenters. The lowest BCUT2D eigenvalue weighted by molar-refractivity contribution is -0.123. The molecule has 0 aromatic heterocycles. The molecule has 4 heteroatoms. The summed E-state index contributed by atoms with van der Waals surface area (Å²) in [7, 11) is 0. The van der Waals surface area contributed by atoms with Crippen LogP contribution < -0.4 is 5.32 Å². The summed E-state index contributed by atoms with van der Waals surface area (Å²) >= 11 is 0. The molecule has 52 heavy (non-hydrogen) atoms. The average molecular weight is 732 g/mol. The Morgan fingerprint density at radius 2 is 0.750 bits per heavy atom. The van der Waals surface area contributed by atoms with Crippen molar-refractivity contribution >= 4 is 5.91 Å². The van der Waals surface area contributed by atoms with E-state index >= 15 is 0 Å². The fourth-order valence-electron chi connectivity index (χ4n) is 7.31. The highest BCUT2D eigenvalue weighted by molar-refractivity contribution is 5.76. The minimum Gasteiger partial charge on any atom is -0.394 e. The van der Waals surface area contributed by atoms with E-state index in [-0.39, 0.29) is 12.5 Å². The molecule has 0 aliphatic rings. The third-order valence-corrected chi connectivity index (χ3v) is 10.9. The summed E-state index contributed by atoms with van der Waals surface area (Å²) in [5.74, 6) is -0.0704. The Hall–Kier alpha value is -1.13. The number of unbranched alkanes of at least 4 members (excludes halogenated alkanes) is 34. The molecule has 0 heterocycles. The van der Waals surface area contributed by atoms with Crippen molar-refractivity contribution in [1.82, 2.24) is 5.32 Å². The monoisotopic (exact) mass is 732 g/mol. The predicted octanol–water partition coefficient (Wildman–Crippen LogP) is 14.8. The van der Waals surface area contributed by atoms with Gasteiger partial charge >= 0.3 is 0 Å². The van der Waals surface area contributed by atoms with E-state index in [0.29, 0.717) is 6.42 Å². The van der Waals surface area contributed by atoms with E-state index in [0.717, 1.165) is 32.1 Å². The van der Waals surface area contributed by atoms with Crippen LogP contribution in [0, 0.1) is 0 Å². The molecule has 308 valence electrons. The van der Waals surface area contributed by atoms with E-state index in [1.807, 2.05) is 6.08 Å². The minimum absolute atomic E-state index is 0.0704. The van der Waals surface area contributed by atoms with E-state index < -0.39 is 12.1 Å². The van der Waals surface area contributed by atoms with Gasteiger partial charge in [-0.05, 0) is 32.1 Å². The number of rotatable bonds is 43. The molecule has 0 fully saturated rings. The molecular weight excluding hydrogens is 639 g/mol. The standard InChI is InChI=1S/C48H93NO3/c1-3-5-7-9-11-13-15-17-19-20-21-22-23-24-25-26-27-28-30-31-33-35-37-39-41-43-47(51)46(45-50)49-48(52)44-42-40-38-36-34-32-29-18-16-14-12-10-8-6-4-2/h33,35,41,43,46-47,50-51H,3-32,34,36-40,42,44-45H2,1-2H3,(H,49,52)/b35-33+,43-41+. The number of hydrogen-bond acceptors (Lipinski definition) is 3. The molecule has 1 amide bonds. The quantitative estimate of drug-likeness (QED) is 0.0432. The summed E-state index contributed by atoms with van der Waals surface area (Å²) in [6, 6.07) is -0.634. The van der Waals surface area contributed by atoms with Gasteiger partial charge in [-0.1, -0.05) is 244 Å². The second kappa shape index (κ2) is 44.3. The van der Waals surface area contributed by atoms with Gasteiger partial charge in [0.1, 0.15) is 0 Å². The van der Waals surface area contributed by atoms with Crippen LogP contribution in [-0.4, -0.2) is 34.9 Å². The molecule has 0 aromatic rings. The second-order valence-corrected chi connectivity index (χ2v) is 16.2. The van der Waals surface area contributed by atoms with Crippen LogP contribution in [0.5, 0.6) is 0 Å². The molecule has 0 radical (unpaired) electrons. The van der Waals surface area contributed by atoms with Crippen LogP contribution >= 0.6 is 0 Å². The van der Waals surface area contributed by atoms with E-state index in [2.05, 4.69) is 31.3 Å². The molecule has 2 atom stereocenters. The maximum atomic E-state index is 12.4. The molecule has 0 spiro atoms. The number of amides is 1. The number of allylic oxidation sites excluding steroid dienone is 3. The Bertz CT molecular complexity index is 750. The number of nitrogens with one attached hydrogen (secondary N) is 1. The van der Waals surface area contributed by atoms with Crippen molar-refractivity contribution in [3.63, 3.8) is 0 Å². The van der Waals surface area contributed by atoms with Crippen LogP contribution in [0.2, 0.25) is 0 Å². The van der Waals surface area contributed by atoms with Crippen LogP contribution in [-0.2, 0) is 4.79 Å². The van der Waals surface area contributed by atoms with Gasteiger partial charge in [-0.2, -0.15) is 0 Å². The van der Waals surface area contributed by atoms with Gasteiger partial charge in [-0.15, -0.1) is 0 Å². The molecule has 0 aliphatic carbocycles. The van der Waals surface area contributed by atoms with Crippen LogP contribution in [0.3, 0.4) is 0 Å². The summed E-state index contributed by atoms with van der Waals surface area (Å²) in [5, 5.41) is 23.0. The number of carbonyl (C=O) groups is 1. The minimum atomic E-state index is -0.858. The lowest BCUT2D eigenvalue weighted by Gasteiger charge is -2.19.